The van der Waals surface area contributed by atoms with Crippen molar-refractivity contribution in [3.8, 4) is 5.75 Å². The molecule has 0 saturated carbocycles. The summed E-state index contributed by atoms with van der Waals surface area (Å²) < 4.78 is 11.0. The molecule has 0 bridgehead atoms. The van der Waals surface area contributed by atoms with E-state index < -0.39 is 6.10 Å². The van der Waals surface area contributed by atoms with E-state index in [9.17, 15) is 4.79 Å². The van der Waals surface area contributed by atoms with Crippen molar-refractivity contribution in [2.45, 2.75) is 32.6 Å². The number of benzene rings is 3. The SMILES string of the molecule is COc1cccc(COC(C)C(=O)NC(c2ccccc2)c2ccc(C)cc2)c1. The Morgan fingerprint density at radius 2 is 1.62 bits per heavy atom. The fourth-order valence-electron chi connectivity index (χ4n) is 3.08. The molecule has 0 heterocycles. The molecular weight excluding hydrogens is 362 g/mol. The highest BCUT2D eigenvalue weighted by Gasteiger charge is 2.21. The second kappa shape index (κ2) is 9.89. The van der Waals surface area contributed by atoms with Crippen molar-refractivity contribution < 1.29 is 14.3 Å². The first-order valence-electron chi connectivity index (χ1n) is 9.73. The third-order valence-corrected chi connectivity index (χ3v) is 4.83. The third kappa shape index (κ3) is 5.69. The average Bonchev–Trinajstić information content (AvgIpc) is 2.77. The first-order chi connectivity index (χ1) is 14.1. The molecule has 0 fully saturated rings. The normalized spacial score (nSPS) is 12.8. The van der Waals surface area contributed by atoms with E-state index in [2.05, 4.69) is 29.6 Å². The van der Waals surface area contributed by atoms with Crippen LogP contribution in [0.15, 0.2) is 78.9 Å². The number of hydrogen-bond donors (Lipinski definition) is 1. The van der Waals surface area contributed by atoms with Crippen molar-refractivity contribution in [1.82, 2.24) is 5.32 Å². The summed E-state index contributed by atoms with van der Waals surface area (Å²) in [6.07, 6.45) is -0.585. The molecule has 0 aliphatic carbocycles. The second-order valence-corrected chi connectivity index (χ2v) is 7.07. The number of amides is 1. The van der Waals surface area contributed by atoms with Gasteiger partial charge in [0, 0.05) is 0 Å². The number of ether oxygens (including phenoxy) is 2. The number of methoxy groups -OCH3 is 1. The Hall–Kier alpha value is -3.11. The second-order valence-electron chi connectivity index (χ2n) is 7.07. The molecule has 3 aromatic rings. The molecule has 0 aliphatic rings. The van der Waals surface area contributed by atoms with Gasteiger partial charge in [-0.05, 0) is 42.7 Å². The maximum Gasteiger partial charge on any atom is 0.249 e. The van der Waals surface area contributed by atoms with E-state index in [-0.39, 0.29) is 11.9 Å². The summed E-state index contributed by atoms with van der Waals surface area (Å²) in [6, 6.07) is 25.6. The molecule has 1 N–H and O–H groups in total. The highest BCUT2D eigenvalue weighted by molar-refractivity contribution is 5.81. The lowest BCUT2D eigenvalue weighted by Gasteiger charge is -2.22. The van der Waals surface area contributed by atoms with Gasteiger partial charge in [0.05, 0.1) is 19.8 Å². The van der Waals surface area contributed by atoms with E-state index in [1.165, 1.54) is 5.56 Å². The summed E-state index contributed by atoms with van der Waals surface area (Å²) in [4.78, 5) is 12.9. The summed E-state index contributed by atoms with van der Waals surface area (Å²) >= 11 is 0. The van der Waals surface area contributed by atoms with E-state index in [1.54, 1.807) is 14.0 Å². The van der Waals surface area contributed by atoms with Crippen LogP contribution >= 0.6 is 0 Å². The first kappa shape index (κ1) is 20.6. The number of carbonyl (C=O) groups is 1. The van der Waals surface area contributed by atoms with Gasteiger partial charge in [0.25, 0.3) is 0 Å². The lowest BCUT2D eigenvalue weighted by molar-refractivity contribution is -0.133. The van der Waals surface area contributed by atoms with Crippen LogP contribution in [0.25, 0.3) is 0 Å². The average molecular weight is 389 g/mol. The van der Waals surface area contributed by atoms with Crippen LogP contribution in [0, 0.1) is 6.92 Å². The zero-order valence-corrected chi connectivity index (χ0v) is 17.1. The van der Waals surface area contributed by atoms with Crippen LogP contribution in [-0.2, 0) is 16.1 Å². The van der Waals surface area contributed by atoms with Crippen molar-refractivity contribution in [2.24, 2.45) is 0 Å². The highest BCUT2D eigenvalue weighted by atomic mass is 16.5. The van der Waals surface area contributed by atoms with Crippen LogP contribution < -0.4 is 10.1 Å². The predicted octanol–water partition coefficient (Wildman–Crippen LogP) is 4.81. The zero-order chi connectivity index (χ0) is 20.6. The van der Waals surface area contributed by atoms with Crippen molar-refractivity contribution in [1.29, 1.82) is 0 Å². The maximum absolute atomic E-state index is 12.9. The van der Waals surface area contributed by atoms with Crippen LogP contribution in [0.2, 0.25) is 0 Å². The smallest absolute Gasteiger partial charge is 0.249 e. The number of aryl methyl sites for hydroxylation is 1. The van der Waals surface area contributed by atoms with Gasteiger partial charge < -0.3 is 14.8 Å². The lowest BCUT2D eigenvalue weighted by atomic mass is 9.97. The molecule has 2 unspecified atom stereocenters. The summed E-state index contributed by atoms with van der Waals surface area (Å²) in [5, 5.41) is 3.14. The fourth-order valence-corrected chi connectivity index (χ4v) is 3.08. The highest BCUT2D eigenvalue weighted by Crippen LogP contribution is 2.23. The van der Waals surface area contributed by atoms with E-state index in [0.29, 0.717) is 6.61 Å². The van der Waals surface area contributed by atoms with Gasteiger partial charge in [-0.1, -0.05) is 72.3 Å². The summed E-state index contributed by atoms with van der Waals surface area (Å²) in [6.45, 7) is 4.16. The fraction of sp³-hybridized carbons (Fsp3) is 0.240. The molecule has 3 aromatic carbocycles. The molecule has 0 spiro atoms. The van der Waals surface area contributed by atoms with Gasteiger partial charge in [0.2, 0.25) is 5.91 Å². The van der Waals surface area contributed by atoms with Crippen LogP contribution in [0.5, 0.6) is 5.75 Å². The third-order valence-electron chi connectivity index (χ3n) is 4.83. The van der Waals surface area contributed by atoms with E-state index in [1.807, 2.05) is 61.5 Å². The minimum absolute atomic E-state index is 0.151. The monoisotopic (exact) mass is 389 g/mol. The lowest BCUT2D eigenvalue weighted by Crippen LogP contribution is -2.37. The molecular formula is C25H27NO3. The quantitative estimate of drug-likeness (QED) is 0.601. The van der Waals surface area contributed by atoms with Crippen molar-refractivity contribution >= 4 is 5.91 Å². The molecule has 0 aliphatic heterocycles. The predicted molar refractivity (Wildman–Crippen MR) is 115 cm³/mol. The van der Waals surface area contributed by atoms with E-state index >= 15 is 0 Å². The Labute approximate surface area is 172 Å². The maximum atomic E-state index is 12.9. The van der Waals surface area contributed by atoms with Crippen molar-refractivity contribution in [3.63, 3.8) is 0 Å². The van der Waals surface area contributed by atoms with Gasteiger partial charge in [-0.15, -0.1) is 0 Å². The molecule has 2 atom stereocenters. The van der Waals surface area contributed by atoms with E-state index in [4.69, 9.17) is 9.47 Å². The Bertz CT molecular complexity index is 922. The van der Waals surface area contributed by atoms with Gasteiger partial charge in [0.15, 0.2) is 0 Å². The number of hydrogen-bond acceptors (Lipinski definition) is 3. The standard InChI is InChI=1S/C25H27NO3/c1-18-12-14-22(15-13-18)24(21-9-5-4-6-10-21)26-25(27)19(2)29-17-20-8-7-11-23(16-20)28-3/h4-16,19,24H,17H2,1-3H3,(H,26,27). The molecule has 0 saturated heterocycles. The Morgan fingerprint density at radius 3 is 2.31 bits per heavy atom. The van der Waals surface area contributed by atoms with E-state index in [0.717, 1.165) is 22.4 Å². The van der Waals surface area contributed by atoms with Crippen LogP contribution in [0.4, 0.5) is 0 Å². The molecule has 4 nitrogen and oxygen atoms in total. The molecule has 0 aromatic heterocycles. The molecule has 3 rings (SSSR count). The summed E-state index contributed by atoms with van der Waals surface area (Å²) in [5.41, 5.74) is 4.21. The molecule has 29 heavy (non-hydrogen) atoms. The van der Waals surface area contributed by atoms with Crippen LogP contribution in [0.3, 0.4) is 0 Å². The zero-order valence-electron chi connectivity index (χ0n) is 17.1. The minimum Gasteiger partial charge on any atom is -0.497 e. The van der Waals surface area contributed by atoms with Gasteiger partial charge in [0.1, 0.15) is 11.9 Å². The summed E-state index contributed by atoms with van der Waals surface area (Å²) in [7, 11) is 1.63. The Kier molecular flexibility index (Phi) is 7.04. The number of nitrogens with one attached hydrogen (secondary N) is 1. The molecule has 4 heteroatoms. The van der Waals surface area contributed by atoms with Crippen molar-refractivity contribution in [2.75, 3.05) is 7.11 Å². The molecule has 1 amide bonds. The van der Waals surface area contributed by atoms with Crippen molar-refractivity contribution in [3.05, 3.63) is 101 Å². The van der Waals surface area contributed by atoms with Gasteiger partial charge >= 0.3 is 0 Å². The van der Waals surface area contributed by atoms with Crippen LogP contribution in [0.1, 0.15) is 35.2 Å². The first-order valence-corrected chi connectivity index (χ1v) is 9.73. The molecule has 150 valence electrons. The van der Waals surface area contributed by atoms with Gasteiger partial charge in [-0.2, -0.15) is 0 Å². The Balaban J connectivity index is 1.69. The largest absolute Gasteiger partial charge is 0.497 e. The Morgan fingerprint density at radius 1 is 0.931 bits per heavy atom. The van der Waals surface area contributed by atoms with Gasteiger partial charge in [-0.3, -0.25) is 4.79 Å². The minimum atomic E-state index is -0.585. The number of carbonyl (C=O) groups excluding carboxylic acids is 1. The molecule has 0 radical (unpaired) electrons. The topological polar surface area (TPSA) is 47.6 Å². The van der Waals surface area contributed by atoms with Gasteiger partial charge in [-0.25, -0.2) is 0 Å². The van der Waals surface area contributed by atoms with Crippen LogP contribution in [-0.4, -0.2) is 19.1 Å². The summed E-state index contributed by atoms with van der Waals surface area (Å²) in [5.74, 6) is 0.619. The number of rotatable bonds is 8.